The number of rotatable bonds is 9. The van der Waals surface area contributed by atoms with Crippen LogP contribution >= 0.6 is 0 Å². The van der Waals surface area contributed by atoms with E-state index in [9.17, 15) is 4.79 Å². The summed E-state index contributed by atoms with van der Waals surface area (Å²) in [6.45, 7) is 4.04. The second kappa shape index (κ2) is 9.84. The summed E-state index contributed by atoms with van der Waals surface area (Å²) in [5.74, 6) is 0.913. The zero-order valence-corrected chi connectivity index (χ0v) is 15.4. The van der Waals surface area contributed by atoms with Crippen molar-refractivity contribution in [3.63, 3.8) is 0 Å². The van der Waals surface area contributed by atoms with Crippen molar-refractivity contribution in [2.75, 3.05) is 20.7 Å². The van der Waals surface area contributed by atoms with Crippen molar-refractivity contribution in [1.82, 2.24) is 10.2 Å². The van der Waals surface area contributed by atoms with Gasteiger partial charge < -0.3 is 15.0 Å². The molecule has 0 atom stereocenters. The van der Waals surface area contributed by atoms with E-state index in [0.29, 0.717) is 26.0 Å². The maximum atomic E-state index is 12.0. The first kappa shape index (κ1) is 19.0. The second-order valence-electron chi connectivity index (χ2n) is 6.55. The van der Waals surface area contributed by atoms with Gasteiger partial charge in [-0.1, -0.05) is 42.0 Å². The van der Waals surface area contributed by atoms with Gasteiger partial charge in [0, 0.05) is 19.5 Å². The van der Waals surface area contributed by atoms with Crippen LogP contribution in [0.2, 0.25) is 0 Å². The number of nitrogens with zero attached hydrogens (tertiary/aromatic N) is 1. The van der Waals surface area contributed by atoms with Crippen LogP contribution in [0, 0.1) is 6.92 Å². The van der Waals surface area contributed by atoms with Crippen molar-refractivity contribution in [3.05, 3.63) is 65.2 Å². The monoisotopic (exact) mass is 340 g/mol. The summed E-state index contributed by atoms with van der Waals surface area (Å²) in [6.07, 6.45) is 1.18. The Morgan fingerprint density at radius 3 is 2.40 bits per heavy atom. The molecule has 0 fully saturated rings. The highest BCUT2D eigenvalue weighted by molar-refractivity contribution is 5.75. The Kier molecular flexibility index (Phi) is 7.48. The van der Waals surface area contributed by atoms with Crippen LogP contribution in [0.5, 0.6) is 5.75 Å². The molecule has 0 spiro atoms. The number of amides is 1. The maximum absolute atomic E-state index is 12.0. The highest BCUT2D eigenvalue weighted by Gasteiger charge is 2.06. The third-order valence-electron chi connectivity index (χ3n) is 3.92. The Morgan fingerprint density at radius 2 is 1.72 bits per heavy atom. The van der Waals surface area contributed by atoms with E-state index in [2.05, 4.69) is 22.3 Å². The van der Waals surface area contributed by atoms with Crippen molar-refractivity contribution in [3.8, 4) is 5.75 Å². The topological polar surface area (TPSA) is 41.6 Å². The fourth-order valence-corrected chi connectivity index (χ4v) is 2.56. The average molecular weight is 340 g/mol. The van der Waals surface area contributed by atoms with Crippen molar-refractivity contribution in [2.45, 2.75) is 32.9 Å². The number of carbonyl (C=O) groups excluding carboxylic acids is 1. The van der Waals surface area contributed by atoms with Gasteiger partial charge in [-0.15, -0.1) is 0 Å². The van der Waals surface area contributed by atoms with Crippen molar-refractivity contribution >= 4 is 5.91 Å². The SMILES string of the molecule is Cc1ccc(OCCCC(=O)NCc2ccccc2CN(C)C)cc1. The average Bonchev–Trinajstić information content (AvgIpc) is 2.59. The number of benzene rings is 2. The van der Waals surface area contributed by atoms with E-state index >= 15 is 0 Å². The van der Waals surface area contributed by atoms with Crippen LogP contribution in [-0.4, -0.2) is 31.5 Å². The van der Waals surface area contributed by atoms with Crippen LogP contribution in [0.3, 0.4) is 0 Å². The van der Waals surface area contributed by atoms with Crippen LogP contribution < -0.4 is 10.1 Å². The van der Waals surface area contributed by atoms with E-state index in [1.807, 2.05) is 57.4 Å². The summed E-state index contributed by atoms with van der Waals surface area (Å²) in [6, 6.07) is 16.2. The highest BCUT2D eigenvalue weighted by atomic mass is 16.5. The predicted molar refractivity (Wildman–Crippen MR) is 102 cm³/mol. The molecule has 0 saturated heterocycles. The standard InChI is InChI=1S/C21H28N2O2/c1-17-10-12-20(13-11-17)25-14-6-9-21(24)22-15-18-7-4-5-8-19(18)16-23(2)3/h4-5,7-8,10-13H,6,9,14-16H2,1-3H3,(H,22,24). The van der Waals surface area contributed by atoms with E-state index in [4.69, 9.17) is 4.74 Å². The van der Waals surface area contributed by atoms with Gasteiger partial charge in [-0.05, 0) is 50.7 Å². The largest absolute Gasteiger partial charge is 0.494 e. The molecule has 0 aliphatic heterocycles. The molecule has 25 heavy (non-hydrogen) atoms. The Hall–Kier alpha value is -2.33. The molecule has 1 amide bonds. The van der Waals surface area contributed by atoms with Gasteiger partial charge >= 0.3 is 0 Å². The highest BCUT2D eigenvalue weighted by Crippen LogP contribution is 2.12. The molecule has 2 aromatic rings. The Bertz CT molecular complexity index is 666. The van der Waals surface area contributed by atoms with Crippen molar-refractivity contribution in [2.24, 2.45) is 0 Å². The molecule has 2 aromatic carbocycles. The van der Waals surface area contributed by atoms with Crippen LogP contribution in [0.4, 0.5) is 0 Å². The van der Waals surface area contributed by atoms with Gasteiger partial charge in [0.1, 0.15) is 5.75 Å². The minimum Gasteiger partial charge on any atom is -0.494 e. The lowest BCUT2D eigenvalue weighted by Crippen LogP contribution is -2.24. The third-order valence-corrected chi connectivity index (χ3v) is 3.92. The molecule has 0 radical (unpaired) electrons. The van der Waals surface area contributed by atoms with E-state index in [1.54, 1.807) is 0 Å². The summed E-state index contributed by atoms with van der Waals surface area (Å²) < 4.78 is 5.65. The lowest BCUT2D eigenvalue weighted by molar-refractivity contribution is -0.121. The first-order chi connectivity index (χ1) is 12.0. The third kappa shape index (κ3) is 6.98. The van der Waals surface area contributed by atoms with E-state index in [0.717, 1.165) is 12.3 Å². The van der Waals surface area contributed by atoms with Crippen molar-refractivity contribution in [1.29, 1.82) is 0 Å². The Balaban J connectivity index is 1.69. The molecular formula is C21H28N2O2. The number of aryl methyl sites for hydroxylation is 1. The van der Waals surface area contributed by atoms with Crippen LogP contribution in [0.1, 0.15) is 29.5 Å². The minimum atomic E-state index is 0.0622. The van der Waals surface area contributed by atoms with Gasteiger partial charge in [-0.2, -0.15) is 0 Å². The van der Waals surface area contributed by atoms with E-state index < -0.39 is 0 Å². The van der Waals surface area contributed by atoms with Crippen molar-refractivity contribution < 1.29 is 9.53 Å². The molecule has 4 nitrogen and oxygen atoms in total. The summed E-state index contributed by atoms with van der Waals surface area (Å²) in [5, 5.41) is 3.01. The first-order valence-electron chi connectivity index (χ1n) is 8.72. The van der Waals surface area contributed by atoms with Crippen LogP contribution in [-0.2, 0) is 17.9 Å². The van der Waals surface area contributed by atoms with Gasteiger partial charge in [0.2, 0.25) is 5.91 Å². The predicted octanol–water partition coefficient (Wildman–Crippen LogP) is 3.53. The molecule has 4 heteroatoms. The maximum Gasteiger partial charge on any atom is 0.220 e. The van der Waals surface area contributed by atoms with Crippen LogP contribution in [0.15, 0.2) is 48.5 Å². The number of hydrogen-bond donors (Lipinski definition) is 1. The van der Waals surface area contributed by atoms with Gasteiger partial charge in [0.15, 0.2) is 0 Å². The van der Waals surface area contributed by atoms with Crippen LogP contribution in [0.25, 0.3) is 0 Å². The molecule has 134 valence electrons. The number of ether oxygens (including phenoxy) is 1. The fraction of sp³-hybridized carbons (Fsp3) is 0.381. The lowest BCUT2D eigenvalue weighted by Gasteiger charge is -2.14. The zero-order valence-electron chi connectivity index (χ0n) is 15.4. The van der Waals surface area contributed by atoms with Gasteiger partial charge in [-0.25, -0.2) is 0 Å². The number of carbonyl (C=O) groups is 1. The molecule has 0 aliphatic rings. The molecule has 0 unspecified atom stereocenters. The molecule has 0 aliphatic carbocycles. The Morgan fingerprint density at radius 1 is 1.04 bits per heavy atom. The second-order valence-corrected chi connectivity index (χ2v) is 6.55. The Labute approximate surface area is 150 Å². The van der Waals surface area contributed by atoms with E-state index in [-0.39, 0.29) is 5.91 Å². The summed E-state index contributed by atoms with van der Waals surface area (Å²) in [5.41, 5.74) is 3.62. The van der Waals surface area contributed by atoms with Gasteiger partial charge in [0.05, 0.1) is 6.61 Å². The number of hydrogen-bond acceptors (Lipinski definition) is 3. The fourth-order valence-electron chi connectivity index (χ4n) is 2.56. The molecule has 2 rings (SSSR count). The molecule has 0 heterocycles. The quantitative estimate of drug-likeness (QED) is 0.710. The van der Waals surface area contributed by atoms with Gasteiger partial charge in [0.25, 0.3) is 0 Å². The summed E-state index contributed by atoms with van der Waals surface area (Å²) in [7, 11) is 4.09. The molecular weight excluding hydrogens is 312 g/mol. The summed E-state index contributed by atoms with van der Waals surface area (Å²) in [4.78, 5) is 14.2. The van der Waals surface area contributed by atoms with E-state index in [1.165, 1.54) is 16.7 Å². The molecule has 0 saturated carbocycles. The zero-order chi connectivity index (χ0) is 18.1. The molecule has 0 aromatic heterocycles. The van der Waals surface area contributed by atoms with Gasteiger partial charge in [-0.3, -0.25) is 4.79 Å². The molecule has 1 N–H and O–H groups in total. The number of nitrogens with one attached hydrogen (secondary N) is 1. The summed E-state index contributed by atoms with van der Waals surface area (Å²) >= 11 is 0. The smallest absolute Gasteiger partial charge is 0.220 e. The molecule has 0 bridgehead atoms. The lowest BCUT2D eigenvalue weighted by atomic mass is 10.1. The normalized spacial score (nSPS) is 10.7. The minimum absolute atomic E-state index is 0.0622. The first-order valence-corrected chi connectivity index (χ1v) is 8.72.